The lowest BCUT2D eigenvalue weighted by molar-refractivity contribution is -0.114. The lowest BCUT2D eigenvalue weighted by atomic mass is 10.2. The number of carbonyl (C=O) groups is 2. The molecule has 2 rings (SSSR count). The van der Waals surface area contributed by atoms with Gasteiger partial charge in [0, 0.05) is 18.3 Å². The summed E-state index contributed by atoms with van der Waals surface area (Å²) < 4.78 is 4.75. The van der Waals surface area contributed by atoms with E-state index in [1.165, 1.54) is 6.92 Å². The van der Waals surface area contributed by atoms with Crippen LogP contribution in [0, 0.1) is 0 Å². The fraction of sp³-hybridized carbons (Fsp3) is 0.200. The van der Waals surface area contributed by atoms with Crippen LogP contribution in [0.3, 0.4) is 0 Å². The molecule has 8 nitrogen and oxygen atoms in total. The highest BCUT2D eigenvalue weighted by Gasteiger charge is 2.04. The molecule has 0 aliphatic rings. The van der Waals surface area contributed by atoms with Crippen LogP contribution in [0.15, 0.2) is 36.4 Å². The van der Waals surface area contributed by atoms with E-state index in [4.69, 9.17) is 4.74 Å². The maximum Gasteiger partial charge on any atom is 0.412 e. The third kappa shape index (κ3) is 5.27. The van der Waals surface area contributed by atoms with Gasteiger partial charge in [0.1, 0.15) is 0 Å². The monoisotopic (exact) mass is 315 g/mol. The molecule has 0 unspecified atom stereocenters. The van der Waals surface area contributed by atoms with Crippen molar-refractivity contribution in [3.8, 4) is 0 Å². The van der Waals surface area contributed by atoms with E-state index in [1.807, 2.05) is 6.07 Å². The SMILES string of the molecule is CCOC(=O)Nc1ccc(Nc2cccc(NC(C)=O)c2)nn1. The van der Waals surface area contributed by atoms with E-state index in [2.05, 4.69) is 26.1 Å². The number of carbonyl (C=O) groups excluding carboxylic acids is 2. The quantitative estimate of drug-likeness (QED) is 0.783. The van der Waals surface area contributed by atoms with Gasteiger partial charge < -0.3 is 15.4 Å². The van der Waals surface area contributed by atoms with E-state index in [9.17, 15) is 9.59 Å². The van der Waals surface area contributed by atoms with Gasteiger partial charge in [0.2, 0.25) is 5.91 Å². The molecular formula is C15H17N5O3. The molecule has 0 aliphatic carbocycles. The van der Waals surface area contributed by atoms with Crippen LogP contribution in [0.25, 0.3) is 0 Å². The Kier molecular flexibility index (Phi) is 5.45. The van der Waals surface area contributed by atoms with Gasteiger partial charge in [-0.1, -0.05) is 6.07 Å². The summed E-state index contributed by atoms with van der Waals surface area (Å²) in [6.45, 7) is 3.44. The topological polar surface area (TPSA) is 105 Å². The van der Waals surface area contributed by atoms with Gasteiger partial charge in [-0.05, 0) is 37.3 Å². The summed E-state index contributed by atoms with van der Waals surface area (Å²) >= 11 is 0. The highest BCUT2D eigenvalue weighted by atomic mass is 16.5. The molecule has 0 saturated heterocycles. The van der Waals surface area contributed by atoms with Crippen LogP contribution >= 0.6 is 0 Å². The largest absolute Gasteiger partial charge is 0.450 e. The number of nitrogens with one attached hydrogen (secondary N) is 3. The molecule has 1 heterocycles. The van der Waals surface area contributed by atoms with Crippen LogP contribution in [0.4, 0.5) is 27.8 Å². The summed E-state index contributed by atoms with van der Waals surface area (Å²) in [5.74, 6) is 0.650. The first kappa shape index (κ1) is 16.2. The van der Waals surface area contributed by atoms with Crippen LogP contribution < -0.4 is 16.0 Å². The number of aromatic nitrogens is 2. The van der Waals surface area contributed by atoms with E-state index in [1.54, 1.807) is 37.3 Å². The highest BCUT2D eigenvalue weighted by Crippen LogP contribution is 2.19. The summed E-state index contributed by atoms with van der Waals surface area (Å²) in [4.78, 5) is 22.3. The van der Waals surface area contributed by atoms with E-state index in [0.29, 0.717) is 17.3 Å². The maximum atomic E-state index is 11.3. The fourth-order valence-electron chi connectivity index (χ4n) is 1.76. The van der Waals surface area contributed by atoms with E-state index in [0.717, 1.165) is 5.69 Å². The molecule has 1 aromatic heterocycles. The number of ether oxygens (including phenoxy) is 1. The fourth-order valence-corrected chi connectivity index (χ4v) is 1.76. The van der Waals surface area contributed by atoms with Crippen LogP contribution in [-0.2, 0) is 9.53 Å². The van der Waals surface area contributed by atoms with Crippen molar-refractivity contribution in [2.75, 3.05) is 22.6 Å². The zero-order valence-corrected chi connectivity index (χ0v) is 12.8. The predicted molar refractivity (Wildman–Crippen MR) is 86.7 cm³/mol. The summed E-state index contributed by atoms with van der Waals surface area (Å²) in [6, 6.07) is 10.5. The zero-order valence-electron chi connectivity index (χ0n) is 12.8. The summed E-state index contributed by atoms with van der Waals surface area (Å²) in [5.41, 5.74) is 1.42. The van der Waals surface area contributed by atoms with Crippen molar-refractivity contribution >= 4 is 35.0 Å². The van der Waals surface area contributed by atoms with Gasteiger partial charge in [-0.2, -0.15) is 0 Å². The van der Waals surface area contributed by atoms with Gasteiger partial charge in [0.15, 0.2) is 11.6 Å². The third-order valence-electron chi connectivity index (χ3n) is 2.63. The Morgan fingerprint density at radius 1 is 1.04 bits per heavy atom. The lowest BCUT2D eigenvalue weighted by Crippen LogP contribution is -2.14. The van der Waals surface area contributed by atoms with Crippen molar-refractivity contribution in [1.29, 1.82) is 0 Å². The number of benzene rings is 1. The Morgan fingerprint density at radius 3 is 2.39 bits per heavy atom. The first-order valence-electron chi connectivity index (χ1n) is 6.99. The van der Waals surface area contributed by atoms with Crippen LogP contribution in [0.2, 0.25) is 0 Å². The summed E-state index contributed by atoms with van der Waals surface area (Å²) in [5, 5.41) is 16.0. The normalized spacial score (nSPS) is 9.83. The summed E-state index contributed by atoms with van der Waals surface area (Å²) in [7, 11) is 0. The van der Waals surface area contributed by atoms with Gasteiger partial charge in [-0.15, -0.1) is 10.2 Å². The van der Waals surface area contributed by atoms with Gasteiger partial charge in [0.05, 0.1) is 6.61 Å². The molecule has 0 bridgehead atoms. The minimum atomic E-state index is -0.578. The van der Waals surface area contributed by atoms with Crippen LogP contribution in [0.5, 0.6) is 0 Å². The maximum absolute atomic E-state index is 11.3. The number of hydrogen-bond donors (Lipinski definition) is 3. The molecule has 0 aliphatic heterocycles. The van der Waals surface area contributed by atoms with E-state index >= 15 is 0 Å². The molecule has 2 aromatic rings. The number of hydrogen-bond acceptors (Lipinski definition) is 6. The number of anilines is 4. The van der Waals surface area contributed by atoms with Crippen molar-refractivity contribution in [2.24, 2.45) is 0 Å². The molecule has 0 fully saturated rings. The molecule has 3 N–H and O–H groups in total. The summed E-state index contributed by atoms with van der Waals surface area (Å²) in [6.07, 6.45) is -0.578. The van der Waals surface area contributed by atoms with Gasteiger partial charge >= 0.3 is 6.09 Å². The Labute approximate surface area is 133 Å². The van der Waals surface area contributed by atoms with Crippen molar-refractivity contribution in [3.05, 3.63) is 36.4 Å². The number of amides is 2. The first-order valence-corrected chi connectivity index (χ1v) is 6.99. The smallest absolute Gasteiger partial charge is 0.412 e. The molecule has 0 radical (unpaired) electrons. The predicted octanol–water partition coefficient (Wildman–Crippen LogP) is 2.75. The van der Waals surface area contributed by atoms with Crippen molar-refractivity contribution in [1.82, 2.24) is 10.2 Å². The molecule has 0 spiro atoms. The molecule has 8 heteroatoms. The number of rotatable bonds is 5. The number of nitrogens with zero attached hydrogens (tertiary/aromatic N) is 2. The molecule has 0 saturated carbocycles. The highest BCUT2D eigenvalue weighted by molar-refractivity contribution is 5.89. The lowest BCUT2D eigenvalue weighted by Gasteiger charge is -2.08. The van der Waals surface area contributed by atoms with Gasteiger partial charge in [0.25, 0.3) is 0 Å². The average Bonchev–Trinajstić information content (AvgIpc) is 2.49. The molecule has 1 aromatic carbocycles. The second-order valence-corrected chi connectivity index (χ2v) is 4.54. The Bertz CT molecular complexity index is 688. The van der Waals surface area contributed by atoms with E-state index < -0.39 is 6.09 Å². The second kappa shape index (κ2) is 7.74. The molecule has 23 heavy (non-hydrogen) atoms. The molecule has 2 amide bonds. The molecule has 0 atom stereocenters. The minimum absolute atomic E-state index is 0.142. The second-order valence-electron chi connectivity index (χ2n) is 4.54. The van der Waals surface area contributed by atoms with Crippen molar-refractivity contribution in [3.63, 3.8) is 0 Å². The Balaban J connectivity index is 2.00. The van der Waals surface area contributed by atoms with E-state index in [-0.39, 0.29) is 12.5 Å². The standard InChI is InChI=1S/C15H17N5O3/c1-3-23-15(22)18-14-8-7-13(19-20-14)17-12-6-4-5-11(9-12)16-10(2)21/h4-9H,3H2,1-2H3,(H,16,21)(H,17,19)(H,18,20,22). The first-order chi connectivity index (χ1) is 11.1. The Hall–Kier alpha value is -3.16. The third-order valence-corrected chi connectivity index (χ3v) is 2.63. The zero-order chi connectivity index (χ0) is 16.7. The Morgan fingerprint density at radius 2 is 1.74 bits per heavy atom. The molecular weight excluding hydrogens is 298 g/mol. The van der Waals surface area contributed by atoms with Crippen molar-refractivity contribution < 1.29 is 14.3 Å². The minimum Gasteiger partial charge on any atom is -0.450 e. The van der Waals surface area contributed by atoms with Crippen LogP contribution in [0.1, 0.15) is 13.8 Å². The van der Waals surface area contributed by atoms with Crippen LogP contribution in [-0.4, -0.2) is 28.8 Å². The van der Waals surface area contributed by atoms with Gasteiger partial charge in [-0.25, -0.2) is 4.79 Å². The molecule has 120 valence electrons. The van der Waals surface area contributed by atoms with Crippen molar-refractivity contribution in [2.45, 2.75) is 13.8 Å². The average molecular weight is 315 g/mol. The van der Waals surface area contributed by atoms with Gasteiger partial charge in [-0.3, -0.25) is 10.1 Å².